The van der Waals surface area contributed by atoms with E-state index in [0.717, 1.165) is 6.54 Å². The van der Waals surface area contributed by atoms with Crippen molar-refractivity contribution in [1.29, 1.82) is 0 Å². The lowest BCUT2D eigenvalue weighted by Crippen LogP contribution is -2.28. The topological polar surface area (TPSA) is 20.3 Å². The van der Waals surface area contributed by atoms with Gasteiger partial charge in [0, 0.05) is 29.3 Å². The monoisotopic (exact) mass is 253 g/mol. The molecule has 1 aromatic rings. The van der Waals surface area contributed by atoms with Crippen LogP contribution in [0.15, 0.2) is 17.5 Å². The molecule has 0 aliphatic rings. The number of hydrogen-bond acceptors (Lipinski definition) is 3. The molecule has 0 aliphatic carbocycles. The number of rotatable bonds is 5. The van der Waals surface area contributed by atoms with Crippen molar-refractivity contribution in [3.63, 3.8) is 0 Å². The first-order valence-corrected chi connectivity index (χ1v) is 6.97. The molecule has 0 fully saturated rings. The zero-order valence-electron chi connectivity index (χ0n) is 11.5. The Hall–Kier alpha value is -0.670. The smallest absolute Gasteiger partial charge is 0.139 e. The summed E-state index contributed by atoms with van der Waals surface area (Å²) in [6.07, 6.45) is 0.635. The molecule has 0 spiro atoms. The van der Waals surface area contributed by atoms with E-state index in [9.17, 15) is 4.79 Å². The van der Waals surface area contributed by atoms with Gasteiger partial charge in [-0.15, -0.1) is 11.3 Å². The molecule has 2 nitrogen and oxygen atoms in total. The maximum absolute atomic E-state index is 11.9. The van der Waals surface area contributed by atoms with Crippen LogP contribution in [0, 0.1) is 5.41 Å². The number of Topliss-reactive ketones (excluding diaryl/α,β-unsaturated/α-hetero) is 1. The molecular formula is C14H23NOS. The molecule has 1 atom stereocenters. The fourth-order valence-electron chi connectivity index (χ4n) is 1.59. The second kappa shape index (κ2) is 5.78. The minimum Gasteiger partial charge on any atom is -0.299 e. The highest BCUT2D eigenvalue weighted by molar-refractivity contribution is 7.10. The molecule has 1 rings (SSSR count). The molecule has 1 heterocycles. The third kappa shape index (κ3) is 4.25. The lowest BCUT2D eigenvalue weighted by Gasteiger charge is -2.25. The number of hydrogen-bond donors (Lipinski definition) is 0. The average molecular weight is 253 g/mol. The number of carbonyl (C=O) groups excluding carboxylic acids is 1. The first kappa shape index (κ1) is 14.4. The number of carbonyl (C=O) groups is 1. The highest BCUT2D eigenvalue weighted by Gasteiger charge is 2.22. The van der Waals surface area contributed by atoms with E-state index in [1.807, 2.05) is 20.8 Å². The van der Waals surface area contributed by atoms with E-state index < -0.39 is 0 Å². The van der Waals surface area contributed by atoms with E-state index >= 15 is 0 Å². The van der Waals surface area contributed by atoms with Gasteiger partial charge in [0.05, 0.1) is 0 Å². The van der Waals surface area contributed by atoms with E-state index in [-0.39, 0.29) is 5.41 Å². The Morgan fingerprint density at radius 1 is 1.47 bits per heavy atom. The van der Waals surface area contributed by atoms with Crippen LogP contribution in [-0.2, 0) is 4.79 Å². The molecule has 0 radical (unpaired) electrons. The molecule has 0 N–H and O–H groups in total. The first-order valence-electron chi connectivity index (χ1n) is 6.09. The van der Waals surface area contributed by atoms with Crippen molar-refractivity contribution >= 4 is 17.1 Å². The van der Waals surface area contributed by atoms with E-state index in [1.165, 1.54) is 4.88 Å². The van der Waals surface area contributed by atoms with Crippen molar-refractivity contribution < 1.29 is 4.79 Å². The number of ketones is 1. The second-order valence-electron chi connectivity index (χ2n) is 5.60. The van der Waals surface area contributed by atoms with Gasteiger partial charge in [-0.25, -0.2) is 0 Å². The SMILES string of the molecule is CC(c1cccs1)N(C)CCC(=O)C(C)(C)C. The molecule has 1 unspecified atom stereocenters. The van der Waals surface area contributed by atoms with Gasteiger partial charge in [0.15, 0.2) is 0 Å². The summed E-state index contributed by atoms with van der Waals surface area (Å²) in [4.78, 5) is 15.5. The van der Waals surface area contributed by atoms with E-state index in [4.69, 9.17) is 0 Å². The van der Waals surface area contributed by atoms with Crippen LogP contribution < -0.4 is 0 Å². The highest BCUT2D eigenvalue weighted by Crippen LogP contribution is 2.24. The average Bonchev–Trinajstić information content (AvgIpc) is 2.76. The molecule has 0 amide bonds. The Morgan fingerprint density at radius 2 is 2.12 bits per heavy atom. The molecule has 0 aliphatic heterocycles. The Kier molecular flexibility index (Phi) is 4.90. The molecule has 0 aromatic carbocycles. The van der Waals surface area contributed by atoms with Crippen LogP contribution in [0.1, 0.15) is 45.0 Å². The predicted octanol–water partition coefficient (Wildman–Crippen LogP) is 3.75. The van der Waals surface area contributed by atoms with E-state index in [1.54, 1.807) is 11.3 Å². The molecular weight excluding hydrogens is 230 g/mol. The molecule has 0 saturated heterocycles. The molecule has 0 saturated carbocycles. The summed E-state index contributed by atoms with van der Waals surface area (Å²) >= 11 is 1.77. The molecule has 0 bridgehead atoms. The van der Waals surface area contributed by atoms with E-state index in [2.05, 4.69) is 36.4 Å². The zero-order chi connectivity index (χ0) is 13.1. The van der Waals surface area contributed by atoms with Crippen molar-refractivity contribution in [3.05, 3.63) is 22.4 Å². The van der Waals surface area contributed by atoms with Gasteiger partial charge in [-0.05, 0) is 25.4 Å². The van der Waals surface area contributed by atoms with Crippen molar-refractivity contribution in [3.8, 4) is 0 Å². The van der Waals surface area contributed by atoms with Gasteiger partial charge in [-0.1, -0.05) is 26.8 Å². The largest absolute Gasteiger partial charge is 0.299 e. The third-order valence-corrected chi connectivity index (χ3v) is 4.19. The third-order valence-electron chi connectivity index (χ3n) is 3.14. The zero-order valence-corrected chi connectivity index (χ0v) is 12.3. The molecule has 3 heteroatoms. The summed E-state index contributed by atoms with van der Waals surface area (Å²) in [5.74, 6) is 0.336. The summed E-state index contributed by atoms with van der Waals surface area (Å²) < 4.78 is 0. The summed E-state index contributed by atoms with van der Waals surface area (Å²) in [5, 5.41) is 2.10. The van der Waals surface area contributed by atoms with Crippen molar-refractivity contribution in [2.45, 2.75) is 40.2 Å². The lowest BCUT2D eigenvalue weighted by atomic mass is 9.89. The Balaban J connectivity index is 2.45. The van der Waals surface area contributed by atoms with Gasteiger partial charge in [0.25, 0.3) is 0 Å². The van der Waals surface area contributed by atoms with Gasteiger partial charge in [0.1, 0.15) is 5.78 Å². The normalized spacial score (nSPS) is 14.0. The lowest BCUT2D eigenvalue weighted by molar-refractivity contribution is -0.126. The Bertz CT molecular complexity index is 351. The molecule has 17 heavy (non-hydrogen) atoms. The van der Waals surface area contributed by atoms with Gasteiger partial charge < -0.3 is 0 Å². The maximum atomic E-state index is 11.9. The van der Waals surface area contributed by atoms with Crippen LogP contribution in [0.2, 0.25) is 0 Å². The fraction of sp³-hybridized carbons (Fsp3) is 0.643. The first-order chi connectivity index (χ1) is 7.82. The van der Waals surface area contributed by atoms with Crippen molar-refractivity contribution in [2.75, 3.05) is 13.6 Å². The van der Waals surface area contributed by atoms with Crippen LogP contribution in [0.4, 0.5) is 0 Å². The summed E-state index contributed by atoms with van der Waals surface area (Å²) in [7, 11) is 2.08. The Morgan fingerprint density at radius 3 is 2.59 bits per heavy atom. The van der Waals surface area contributed by atoms with Gasteiger partial charge in [0.2, 0.25) is 0 Å². The van der Waals surface area contributed by atoms with Gasteiger partial charge in [-0.2, -0.15) is 0 Å². The van der Waals surface area contributed by atoms with Gasteiger partial charge in [-0.3, -0.25) is 9.69 Å². The fourth-order valence-corrected chi connectivity index (χ4v) is 2.44. The summed E-state index contributed by atoms with van der Waals surface area (Å²) in [6.45, 7) is 8.97. The number of nitrogens with zero attached hydrogens (tertiary/aromatic N) is 1. The quantitative estimate of drug-likeness (QED) is 0.796. The Labute approximate surface area is 109 Å². The molecule has 1 aromatic heterocycles. The van der Waals surface area contributed by atoms with Crippen molar-refractivity contribution in [1.82, 2.24) is 4.90 Å². The van der Waals surface area contributed by atoms with Crippen LogP contribution in [-0.4, -0.2) is 24.3 Å². The summed E-state index contributed by atoms with van der Waals surface area (Å²) in [6, 6.07) is 4.62. The second-order valence-corrected chi connectivity index (χ2v) is 6.57. The van der Waals surface area contributed by atoms with Crippen molar-refractivity contribution in [2.24, 2.45) is 5.41 Å². The molecule has 96 valence electrons. The van der Waals surface area contributed by atoms with Crippen LogP contribution >= 0.6 is 11.3 Å². The standard InChI is InChI=1S/C14H23NOS/c1-11(12-7-6-10-17-12)15(5)9-8-13(16)14(2,3)4/h6-7,10-11H,8-9H2,1-5H3. The highest BCUT2D eigenvalue weighted by atomic mass is 32.1. The van der Waals surface area contributed by atoms with Crippen LogP contribution in [0.25, 0.3) is 0 Å². The van der Waals surface area contributed by atoms with Gasteiger partial charge >= 0.3 is 0 Å². The summed E-state index contributed by atoms with van der Waals surface area (Å²) in [5.41, 5.74) is -0.215. The van der Waals surface area contributed by atoms with Crippen LogP contribution in [0.3, 0.4) is 0 Å². The minimum absolute atomic E-state index is 0.215. The maximum Gasteiger partial charge on any atom is 0.139 e. The predicted molar refractivity (Wildman–Crippen MR) is 74.4 cm³/mol. The van der Waals surface area contributed by atoms with E-state index in [0.29, 0.717) is 18.2 Å². The number of thiophene rings is 1. The van der Waals surface area contributed by atoms with Crippen LogP contribution in [0.5, 0.6) is 0 Å². The minimum atomic E-state index is -0.215.